The van der Waals surface area contributed by atoms with Gasteiger partial charge in [0.15, 0.2) is 0 Å². The van der Waals surface area contributed by atoms with Crippen molar-refractivity contribution in [2.45, 2.75) is 0 Å². The van der Waals surface area contributed by atoms with Crippen LogP contribution in [0.5, 0.6) is 0 Å². The Balaban J connectivity index is 0.709. The van der Waals surface area contributed by atoms with Crippen LogP contribution in [0.1, 0.15) is 11.1 Å². The number of hydrogen-bond donors (Lipinski definition) is 0. The van der Waals surface area contributed by atoms with Gasteiger partial charge >= 0.3 is 0 Å². The van der Waals surface area contributed by atoms with Crippen LogP contribution in [0.15, 0.2) is 352 Å². The maximum Gasteiger partial charge on any atom is 0.0542 e. The van der Waals surface area contributed by atoms with Crippen LogP contribution in [0.4, 0.5) is 34.1 Å². The summed E-state index contributed by atoms with van der Waals surface area (Å²) in [6.45, 7) is 0. The molecule has 0 aliphatic heterocycles. The topological polar surface area (TPSA) is 16.3 Å². The Bertz CT molecular complexity index is 4880. The average Bonchev–Trinajstić information content (AvgIpc) is 1.69. The van der Waals surface area contributed by atoms with Gasteiger partial charge in [0, 0.05) is 67.0 Å². The summed E-state index contributed by atoms with van der Waals surface area (Å²) in [6, 6.07) is 127. The molecule has 4 heteroatoms. The van der Waals surface area contributed by atoms with Gasteiger partial charge in [0.2, 0.25) is 0 Å². The predicted octanol–water partition coefficient (Wildman–Crippen LogP) is 23.7. The highest BCUT2D eigenvalue weighted by atomic mass is 15.1. The summed E-state index contributed by atoms with van der Waals surface area (Å²) in [6.07, 6.45) is 4.42. The summed E-state index contributed by atoms with van der Waals surface area (Å²) in [5.74, 6) is 0. The minimum atomic E-state index is 1.08. The van der Waals surface area contributed by atoms with E-state index < -0.39 is 0 Å². The van der Waals surface area contributed by atoms with Crippen molar-refractivity contribution >= 4 is 89.9 Å². The molecule has 0 spiro atoms. The van der Waals surface area contributed by atoms with Crippen LogP contribution in [0.25, 0.3) is 112 Å². The summed E-state index contributed by atoms with van der Waals surface area (Å²) in [5.41, 5.74) is 25.2. The van der Waals surface area contributed by atoms with E-state index in [-0.39, 0.29) is 0 Å². The third-order valence-electron chi connectivity index (χ3n) is 17.5. The highest BCUT2D eigenvalue weighted by molar-refractivity contribution is 6.13. The van der Waals surface area contributed by atoms with Crippen molar-refractivity contribution in [3.8, 4) is 55.9 Å². The third kappa shape index (κ3) is 10.2. The van der Waals surface area contributed by atoms with Gasteiger partial charge in [0.05, 0.1) is 22.1 Å². The lowest BCUT2D eigenvalue weighted by Crippen LogP contribution is -2.09. The van der Waals surface area contributed by atoms with Gasteiger partial charge in [-0.15, -0.1) is 0 Å². The molecule has 4 nitrogen and oxygen atoms in total. The first kappa shape index (κ1) is 53.5. The van der Waals surface area contributed by atoms with E-state index in [1.165, 1.54) is 77.1 Å². The second-order valence-corrected chi connectivity index (χ2v) is 23.0. The average molecular weight is 1150 g/mol. The number of fused-ring (bicyclic) bond motifs is 6. The van der Waals surface area contributed by atoms with Crippen molar-refractivity contribution in [3.05, 3.63) is 363 Å². The number of rotatable bonds is 14. The van der Waals surface area contributed by atoms with Gasteiger partial charge in [0.1, 0.15) is 0 Å². The van der Waals surface area contributed by atoms with Crippen molar-refractivity contribution in [2.24, 2.45) is 0 Å². The Morgan fingerprint density at radius 2 is 0.433 bits per heavy atom. The molecule has 0 aliphatic carbocycles. The van der Waals surface area contributed by atoms with Crippen molar-refractivity contribution in [1.29, 1.82) is 0 Å². The smallest absolute Gasteiger partial charge is 0.0542 e. The molecule has 90 heavy (non-hydrogen) atoms. The van der Waals surface area contributed by atoms with Gasteiger partial charge < -0.3 is 18.9 Å². The maximum absolute atomic E-state index is 2.40. The lowest BCUT2D eigenvalue weighted by Gasteiger charge is -2.26. The van der Waals surface area contributed by atoms with E-state index in [0.717, 1.165) is 67.7 Å². The van der Waals surface area contributed by atoms with E-state index in [0.29, 0.717) is 0 Å². The van der Waals surface area contributed by atoms with E-state index in [2.05, 4.69) is 383 Å². The third-order valence-corrected chi connectivity index (χ3v) is 17.5. The van der Waals surface area contributed by atoms with Gasteiger partial charge in [-0.3, -0.25) is 0 Å². The zero-order chi connectivity index (χ0) is 59.7. The molecule has 0 unspecified atom stereocenters. The van der Waals surface area contributed by atoms with Crippen LogP contribution in [0.3, 0.4) is 0 Å². The van der Waals surface area contributed by atoms with E-state index in [1.54, 1.807) is 0 Å². The fraction of sp³-hybridized carbons (Fsp3) is 0. The molecule has 0 radical (unpaired) electrons. The normalized spacial score (nSPS) is 11.5. The molecule has 0 aliphatic rings. The summed E-state index contributed by atoms with van der Waals surface area (Å²) in [7, 11) is 0. The minimum Gasteiger partial charge on any atom is -0.310 e. The predicted molar refractivity (Wildman–Crippen MR) is 382 cm³/mol. The second-order valence-electron chi connectivity index (χ2n) is 23.0. The molecule has 424 valence electrons. The van der Waals surface area contributed by atoms with E-state index in [9.17, 15) is 0 Å². The van der Waals surface area contributed by atoms with Crippen molar-refractivity contribution < 1.29 is 0 Å². The van der Waals surface area contributed by atoms with Crippen LogP contribution in [0.2, 0.25) is 0 Å². The highest BCUT2D eigenvalue weighted by Gasteiger charge is 2.21. The molecule has 0 saturated heterocycles. The van der Waals surface area contributed by atoms with Crippen molar-refractivity contribution in [2.75, 3.05) is 9.80 Å². The number of benzene rings is 14. The first-order valence-electron chi connectivity index (χ1n) is 30.8. The molecule has 16 rings (SSSR count). The molecule has 2 heterocycles. The molecule has 0 atom stereocenters. The van der Waals surface area contributed by atoms with E-state index >= 15 is 0 Å². The molecule has 14 aromatic carbocycles. The van der Waals surface area contributed by atoms with Crippen molar-refractivity contribution in [3.63, 3.8) is 0 Å². The molecule has 16 aromatic rings. The number of anilines is 6. The van der Waals surface area contributed by atoms with Gasteiger partial charge in [-0.05, 0) is 189 Å². The van der Waals surface area contributed by atoms with Gasteiger partial charge in [-0.1, -0.05) is 231 Å². The maximum atomic E-state index is 2.40. The Labute approximate surface area is 524 Å². The lowest BCUT2D eigenvalue weighted by molar-refractivity contribution is 1.18. The van der Waals surface area contributed by atoms with Crippen LogP contribution in [-0.2, 0) is 0 Å². The van der Waals surface area contributed by atoms with Gasteiger partial charge in [-0.2, -0.15) is 0 Å². The fourth-order valence-electron chi connectivity index (χ4n) is 13.1. The molecule has 0 fully saturated rings. The quantitative estimate of drug-likeness (QED) is 0.101. The number of para-hydroxylation sites is 4. The molecule has 0 N–H and O–H groups in total. The summed E-state index contributed by atoms with van der Waals surface area (Å²) in [4.78, 5) is 4.73. The standard InChI is InChI=1S/C86H60N4/c1-7-19-63(20-8-1)65-37-41-67(42-38-65)69-45-53-83-79(57-69)81-59-77(51-55-85(81)89(83)73-27-15-5-16-28-73)87(71-23-11-3-12-24-71)75-47-33-61(34-48-75)31-32-62-35-49-76(50-36-62)88(72-25-13-4-14-26-72)78-52-56-86-82(60-78)80-58-70(46-54-84(80)90(86)74-29-17-6-18-30-74)68-43-39-66(40-44-68)64-21-9-2-10-22-64/h1-60H/b32-31+. The van der Waals surface area contributed by atoms with Gasteiger partial charge in [0.25, 0.3) is 0 Å². The van der Waals surface area contributed by atoms with Crippen molar-refractivity contribution in [1.82, 2.24) is 9.13 Å². The summed E-state index contributed by atoms with van der Waals surface area (Å²) < 4.78 is 4.79. The number of nitrogens with zero attached hydrogens (tertiary/aromatic N) is 4. The molecular weight excluding hydrogens is 1090 g/mol. The van der Waals surface area contributed by atoms with Crippen LogP contribution < -0.4 is 9.80 Å². The monoisotopic (exact) mass is 1150 g/mol. The lowest BCUT2D eigenvalue weighted by atomic mass is 9.99. The Morgan fingerprint density at radius 3 is 0.778 bits per heavy atom. The molecular formula is C86H60N4. The number of hydrogen-bond acceptors (Lipinski definition) is 2. The zero-order valence-corrected chi connectivity index (χ0v) is 49.4. The largest absolute Gasteiger partial charge is 0.310 e. The summed E-state index contributed by atoms with van der Waals surface area (Å²) in [5, 5.41) is 4.79. The van der Waals surface area contributed by atoms with E-state index in [1.807, 2.05) is 0 Å². The number of aromatic nitrogens is 2. The second kappa shape index (κ2) is 23.4. The Morgan fingerprint density at radius 1 is 0.189 bits per heavy atom. The Kier molecular flexibility index (Phi) is 13.9. The molecule has 0 saturated carbocycles. The molecule has 0 amide bonds. The Hall–Kier alpha value is -12.0. The van der Waals surface area contributed by atoms with Crippen LogP contribution >= 0.6 is 0 Å². The summed E-state index contributed by atoms with van der Waals surface area (Å²) >= 11 is 0. The molecule has 0 bridgehead atoms. The molecule has 2 aromatic heterocycles. The first-order chi connectivity index (χ1) is 44.6. The first-order valence-corrected chi connectivity index (χ1v) is 30.8. The zero-order valence-electron chi connectivity index (χ0n) is 49.4. The minimum absolute atomic E-state index is 1.08. The van der Waals surface area contributed by atoms with Gasteiger partial charge in [-0.25, -0.2) is 0 Å². The van der Waals surface area contributed by atoms with Crippen LogP contribution in [0, 0.1) is 0 Å². The van der Waals surface area contributed by atoms with E-state index in [4.69, 9.17) is 0 Å². The fourth-order valence-corrected chi connectivity index (χ4v) is 13.1. The van der Waals surface area contributed by atoms with Crippen LogP contribution in [-0.4, -0.2) is 9.13 Å². The SMILES string of the molecule is C(=C\c1ccc(N(c2ccccc2)c2ccc3c(c2)c2cc(-c4ccc(-c5ccccc5)cc4)ccc2n3-c2ccccc2)cc1)/c1ccc(N(c2ccccc2)c2ccc3c(c2)c2cc(-c4ccc(-c5ccccc5)cc4)ccc2n3-c2ccccc2)cc1. The highest BCUT2D eigenvalue weighted by Crippen LogP contribution is 2.44.